The third-order valence-electron chi connectivity index (χ3n) is 7.42. The summed E-state index contributed by atoms with van der Waals surface area (Å²) >= 11 is 0. The Kier molecular flexibility index (Phi) is 19.4. The van der Waals surface area contributed by atoms with E-state index in [0.29, 0.717) is 44.9 Å². The maximum Gasteiger partial charge on any atom is 0.407 e. The number of hydrogen-bond acceptors (Lipinski definition) is 14. The number of alkyl carbamates (subject to hydrolysis) is 1. The van der Waals surface area contributed by atoms with Gasteiger partial charge in [0, 0.05) is 13.1 Å². The summed E-state index contributed by atoms with van der Waals surface area (Å²) in [5.74, 6) is -2.20. The molecule has 0 radical (unpaired) electrons. The van der Waals surface area contributed by atoms with Gasteiger partial charge < -0.3 is 39.2 Å². The molecule has 0 spiro atoms. The van der Waals surface area contributed by atoms with Gasteiger partial charge in [-0.05, 0) is 63.4 Å². The zero-order valence-electron chi connectivity index (χ0n) is 27.2. The molecule has 274 valence electrons. The summed E-state index contributed by atoms with van der Waals surface area (Å²) < 4.78 is 15.4. The van der Waals surface area contributed by atoms with Crippen LogP contribution in [0.15, 0.2) is 30.3 Å². The SMILES string of the molecule is O=C(NCCCCC(NC(CCc1ccccc1)C(=O)O)C(=O)N1CCCC1C(=O)OCCOCCO[N+](=O)[O-])OCCCCO[N+](=O)[O-]. The van der Waals surface area contributed by atoms with Gasteiger partial charge in [0.05, 0.1) is 32.5 Å². The normalized spacial score (nSPS) is 15.1. The maximum atomic E-state index is 13.8. The second-order valence-corrected chi connectivity index (χ2v) is 11.0. The van der Waals surface area contributed by atoms with Crippen LogP contribution in [0.3, 0.4) is 0 Å². The Morgan fingerprint density at radius 1 is 0.857 bits per heavy atom. The van der Waals surface area contributed by atoms with Crippen molar-refractivity contribution >= 4 is 23.9 Å². The highest BCUT2D eigenvalue weighted by atomic mass is 17.0. The van der Waals surface area contributed by atoms with Crippen LogP contribution in [0, 0.1) is 20.2 Å². The van der Waals surface area contributed by atoms with Crippen molar-refractivity contribution in [3.8, 4) is 0 Å². The molecule has 1 aliphatic rings. The lowest BCUT2D eigenvalue weighted by atomic mass is 10.0. The molecule has 19 nitrogen and oxygen atoms in total. The smallest absolute Gasteiger partial charge is 0.407 e. The number of carboxylic acid groups (broad SMARTS) is 1. The number of esters is 1. The van der Waals surface area contributed by atoms with E-state index in [1.54, 1.807) is 0 Å². The van der Waals surface area contributed by atoms with Crippen molar-refractivity contribution in [1.29, 1.82) is 0 Å². The number of hydrogen-bond donors (Lipinski definition) is 3. The number of rotatable bonds is 26. The highest BCUT2D eigenvalue weighted by Crippen LogP contribution is 2.21. The third-order valence-corrected chi connectivity index (χ3v) is 7.42. The first-order valence-corrected chi connectivity index (χ1v) is 16.1. The van der Waals surface area contributed by atoms with Crippen LogP contribution in [0.2, 0.25) is 0 Å². The molecule has 0 aliphatic carbocycles. The molecule has 1 saturated heterocycles. The van der Waals surface area contributed by atoms with Gasteiger partial charge in [0.15, 0.2) is 0 Å². The monoisotopic (exact) mass is 699 g/mol. The van der Waals surface area contributed by atoms with Crippen molar-refractivity contribution in [3.05, 3.63) is 56.1 Å². The Morgan fingerprint density at radius 2 is 1.55 bits per heavy atom. The minimum absolute atomic E-state index is 0.0279. The summed E-state index contributed by atoms with van der Waals surface area (Å²) in [4.78, 5) is 80.9. The van der Waals surface area contributed by atoms with Crippen molar-refractivity contribution in [2.24, 2.45) is 0 Å². The van der Waals surface area contributed by atoms with Crippen LogP contribution < -0.4 is 10.6 Å². The van der Waals surface area contributed by atoms with Gasteiger partial charge in [0.2, 0.25) is 5.91 Å². The van der Waals surface area contributed by atoms with Crippen LogP contribution in [-0.4, -0.2) is 115 Å². The van der Waals surface area contributed by atoms with Gasteiger partial charge in [-0.25, -0.2) is 9.59 Å². The predicted molar refractivity (Wildman–Crippen MR) is 168 cm³/mol. The summed E-state index contributed by atoms with van der Waals surface area (Å²) in [6.07, 6.45) is 2.72. The van der Waals surface area contributed by atoms with Gasteiger partial charge in [-0.15, -0.1) is 20.2 Å². The molecule has 0 aromatic heterocycles. The Balaban J connectivity index is 1.93. The Bertz CT molecular complexity index is 1190. The molecule has 3 atom stereocenters. The molecule has 1 aromatic carbocycles. The van der Waals surface area contributed by atoms with Crippen LogP contribution in [0.25, 0.3) is 0 Å². The number of carbonyl (C=O) groups excluding carboxylic acids is 3. The van der Waals surface area contributed by atoms with Crippen molar-refractivity contribution in [3.63, 3.8) is 0 Å². The fourth-order valence-electron chi connectivity index (χ4n) is 5.02. The summed E-state index contributed by atoms with van der Waals surface area (Å²) in [5.41, 5.74) is 0.943. The number of ether oxygens (including phenoxy) is 3. The molecule has 3 N–H and O–H groups in total. The predicted octanol–water partition coefficient (Wildman–Crippen LogP) is 1.67. The van der Waals surface area contributed by atoms with Crippen molar-refractivity contribution < 1.29 is 58.3 Å². The van der Waals surface area contributed by atoms with Gasteiger partial charge in [0.25, 0.3) is 10.2 Å². The third kappa shape index (κ3) is 17.3. The molecule has 0 bridgehead atoms. The topological polar surface area (TPSA) is 248 Å². The molecule has 0 saturated carbocycles. The number of benzene rings is 1. The first-order valence-electron chi connectivity index (χ1n) is 16.1. The van der Waals surface area contributed by atoms with Crippen LogP contribution in [0.5, 0.6) is 0 Å². The van der Waals surface area contributed by atoms with E-state index in [1.807, 2.05) is 30.3 Å². The first kappa shape index (κ1) is 40.4. The number of nitrogens with zero attached hydrogens (tertiary/aromatic N) is 3. The number of carbonyl (C=O) groups is 4. The highest BCUT2D eigenvalue weighted by molar-refractivity contribution is 5.88. The molecule has 1 aromatic rings. The van der Waals surface area contributed by atoms with Crippen LogP contribution in [0.4, 0.5) is 4.79 Å². The average Bonchev–Trinajstić information content (AvgIpc) is 3.56. The van der Waals surface area contributed by atoms with Gasteiger partial charge in [0.1, 0.15) is 25.3 Å². The Morgan fingerprint density at radius 3 is 2.27 bits per heavy atom. The number of likely N-dealkylation sites (tertiary alicyclic amines) is 1. The number of nitrogens with one attached hydrogen (secondary N) is 2. The second-order valence-electron chi connectivity index (χ2n) is 11.0. The molecule has 1 aliphatic heterocycles. The molecule has 19 heteroatoms. The van der Waals surface area contributed by atoms with Crippen LogP contribution in [0.1, 0.15) is 56.9 Å². The Labute approximate surface area is 282 Å². The minimum Gasteiger partial charge on any atom is -0.480 e. The first-order chi connectivity index (χ1) is 23.6. The molecule has 1 fully saturated rings. The van der Waals surface area contributed by atoms with Gasteiger partial charge in [-0.2, -0.15) is 0 Å². The number of unbranched alkanes of at least 4 members (excludes halogenated alkanes) is 2. The second kappa shape index (κ2) is 23.5. The van der Waals surface area contributed by atoms with E-state index < -0.39 is 52.2 Å². The van der Waals surface area contributed by atoms with E-state index in [0.717, 1.165) is 5.56 Å². The van der Waals surface area contributed by atoms with Crippen LogP contribution >= 0.6 is 0 Å². The molecule has 3 unspecified atom stereocenters. The summed E-state index contributed by atoms with van der Waals surface area (Å²) in [5, 5.41) is 34.1. The number of carboxylic acids is 1. The number of aryl methyl sites for hydroxylation is 1. The minimum atomic E-state index is -1.12. The molecular formula is C30H45N5O14. The standard InChI is InChI=1S/C30H45N5O14/c36-27(33-16-8-12-26(33)29(39)46-21-19-45-20-22-49-35(43)44)24(32-25(28(37)38)14-13-23-9-2-1-3-10-23)11-4-5-15-31-30(40)47-17-6-7-18-48-34(41)42/h1-3,9-10,24-26,32H,4-8,11-22H2,(H,31,40)(H,37,38). The average molecular weight is 700 g/mol. The van der Waals surface area contributed by atoms with Crippen molar-refractivity contribution in [2.75, 3.05) is 52.7 Å². The van der Waals surface area contributed by atoms with E-state index in [2.05, 4.69) is 20.3 Å². The van der Waals surface area contributed by atoms with E-state index in [4.69, 9.17) is 14.2 Å². The fourth-order valence-corrected chi connectivity index (χ4v) is 5.02. The van der Waals surface area contributed by atoms with Crippen molar-refractivity contribution in [1.82, 2.24) is 15.5 Å². The lowest BCUT2D eigenvalue weighted by Gasteiger charge is -2.30. The lowest BCUT2D eigenvalue weighted by molar-refractivity contribution is -0.758. The maximum absolute atomic E-state index is 13.8. The van der Waals surface area contributed by atoms with Crippen LogP contribution in [-0.2, 0) is 44.7 Å². The summed E-state index contributed by atoms with van der Waals surface area (Å²) in [6.45, 7) is -0.0509. The van der Waals surface area contributed by atoms with E-state index in [1.165, 1.54) is 4.90 Å². The highest BCUT2D eigenvalue weighted by Gasteiger charge is 2.39. The van der Waals surface area contributed by atoms with Gasteiger partial charge in [-0.1, -0.05) is 30.3 Å². The molecule has 49 heavy (non-hydrogen) atoms. The number of aliphatic carboxylic acids is 1. The zero-order valence-corrected chi connectivity index (χ0v) is 27.2. The molecule has 2 amide bonds. The van der Waals surface area contributed by atoms with Crippen molar-refractivity contribution in [2.45, 2.75) is 75.9 Å². The summed E-state index contributed by atoms with van der Waals surface area (Å²) in [7, 11) is 0. The van der Waals surface area contributed by atoms with Gasteiger partial charge >= 0.3 is 18.0 Å². The van der Waals surface area contributed by atoms with Gasteiger partial charge in [-0.3, -0.25) is 14.9 Å². The zero-order chi connectivity index (χ0) is 35.9. The summed E-state index contributed by atoms with van der Waals surface area (Å²) in [6, 6.07) is 6.47. The number of amides is 2. The Hall–Kier alpha value is -4.78. The molecule has 2 rings (SSSR count). The fraction of sp³-hybridized carbons (Fsp3) is 0.667. The molecule has 1 heterocycles. The van der Waals surface area contributed by atoms with E-state index >= 15 is 0 Å². The van der Waals surface area contributed by atoms with E-state index in [9.17, 15) is 44.5 Å². The molecular weight excluding hydrogens is 654 g/mol. The van der Waals surface area contributed by atoms with E-state index in [-0.39, 0.29) is 65.6 Å². The quantitative estimate of drug-likeness (QED) is 0.0538. The largest absolute Gasteiger partial charge is 0.480 e. The lowest BCUT2D eigenvalue weighted by Crippen LogP contribution is -2.54.